The van der Waals surface area contributed by atoms with Gasteiger partial charge in [-0.2, -0.15) is 13.2 Å². The lowest BCUT2D eigenvalue weighted by Crippen LogP contribution is -2.36. The summed E-state index contributed by atoms with van der Waals surface area (Å²) in [5.41, 5.74) is 0.658. The molecule has 1 aliphatic rings. The third kappa shape index (κ3) is 2.83. The Morgan fingerprint density at radius 1 is 1.35 bits per heavy atom. The quantitative estimate of drug-likeness (QED) is 0.917. The van der Waals surface area contributed by atoms with Crippen molar-refractivity contribution in [2.75, 3.05) is 11.4 Å². The molecule has 1 N–H and O–H groups in total. The van der Waals surface area contributed by atoms with Crippen molar-refractivity contribution in [2.45, 2.75) is 32.0 Å². The summed E-state index contributed by atoms with van der Waals surface area (Å²) in [7, 11) is 0. The number of rotatable bonds is 2. The zero-order valence-electron chi connectivity index (χ0n) is 12.4. The molecule has 0 spiro atoms. The van der Waals surface area contributed by atoms with Crippen LogP contribution in [0.4, 0.5) is 18.9 Å². The first-order valence-electron chi connectivity index (χ1n) is 7.25. The molecule has 0 amide bonds. The molecule has 3 rings (SSSR count). The molecule has 1 aliphatic heterocycles. The van der Waals surface area contributed by atoms with Gasteiger partial charge in [-0.25, -0.2) is 4.79 Å². The van der Waals surface area contributed by atoms with E-state index in [9.17, 15) is 23.1 Å². The van der Waals surface area contributed by atoms with Gasteiger partial charge in [0.25, 0.3) is 0 Å². The molecule has 1 fully saturated rings. The SMILES string of the molecule is Cc1cc(N2CCCC2C(=O)O)c2ccc(C(F)(F)F)cc2n1. The lowest BCUT2D eigenvalue weighted by molar-refractivity contribution is -0.138. The second-order valence-electron chi connectivity index (χ2n) is 5.70. The summed E-state index contributed by atoms with van der Waals surface area (Å²) >= 11 is 0. The standard InChI is InChI=1S/C16H15F3N2O2/c1-9-7-14(21-6-2-3-13(21)15(22)23)11-5-4-10(16(17,18)19)8-12(11)20-9/h4-5,7-8,13H,2-3,6H2,1H3,(H,22,23). The maximum Gasteiger partial charge on any atom is 0.416 e. The molecule has 0 aliphatic carbocycles. The van der Waals surface area contributed by atoms with Crippen LogP contribution in [-0.4, -0.2) is 28.6 Å². The summed E-state index contributed by atoms with van der Waals surface area (Å²) in [5, 5.41) is 9.87. The molecule has 0 saturated carbocycles. The van der Waals surface area contributed by atoms with Crippen molar-refractivity contribution >= 4 is 22.6 Å². The maximum absolute atomic E-state index is 12.9. The van der Waals surface area contributed by atoms with Crippen LogP contribution in [-0.2, 0) is 11.0 Å². The largest absolute Gasteiger partial charge is 0.480 e. The Balaban J connectivity index is 2.16. The average Bonchev–Trinajstić information content (AvgIpc) is 2.94. The maximum atomic E-state index is 12.9. The van der Waals surface area contributed by atoms with E-state index in [2.05, 4.69) is 4.98 Å². The Bertz CT molecular complexity index is 774. The highest BCUT2D eigenvalue weighted by atomic mass is 19.4. The number of aliphatic carboxylic acids is 1. The van der Waals surface area contributed by atoms with E-state index in [1.165, 1.54) is 6.07 Å². The van der Waals surface area contributed by atoms with E-state index in [-0.39, 0.29) is 5.52 Å². The van der Waals surface area contributed by atoms with Crippen molar-refractivity contribution in [2.24, 2.45) is 0 Å². The topological polar surface area (TPSA) is 53.4 Å². The van der Waals surface area contributed by atoms with Crippen LogP contribution in [0.3, 0.4) is 0 Å². The molecule has 122 valence electrons. The highest BCUT2D eigenvalue weighted by Gasteiger charge is 2.33. The van der Waals surface area contributed by atoms with Gasteiger partial charge in [-0.15, -0.1) is 0 Å². The van der Waals surface area contributed by atoms with Crippen LogP contribution < -0.4 is 4.90 Å². The third-order valence-corrected chi connectivity index (χ3v) is 4.09. The molecular weight excluding hydrogens is 309 g/mol. The van der Waals surface area contributed by atoms with Gasteiger partial charge >= 0.3 is 12.1 Å². The predicted octanol–water partition coefficient (Wildman–Crippen LogP) is 3.62. The molecule has 1 unspecified atom stereocenters. The normalized spacial score (nSPS) is 18.6. The molecule has 23 heavy (non-hydrogen) atoms. The van der Waals surface area contributed by atoms with Crippen LogP contribution >= 0.6 is 0 Å². The van der Waals surface area contributed by atoms with Gasteiger partial charge in [0.15, 0.2) is 0 Å². The number of aryl methyl sites for hydroxylation is 1. The Kier molecular flexibility index (Phi) is 3.66. The number of carboxylic acid groups (broad SMARTS) is 1. The Hall–Kier alpha value is -2.31. The van der Waals surface area contributed by atoms with Crippen LogP contribution in [0, 0.1) is 6.92 Å². The van der Waals surface area contributed by atoms with Crippen molar-refractivity contribution in [3.63, 3.8) is 0 Å². The number of fused-ring (bicyclic) bond motifs is 1. The van der Waals surface area contributed by atoms with Crippen LogP contribution in [0.5, 0.6) is 0 Å². The number of anilines is 1. The zero-order valence-corrected chi connectivity index (χ0v) is 12.4. The number of carbonyl (C=O) groups is 1. The second kappa shape index (κ2) is 5.40. The van der Waals surface area contributed by atoms with Crippen molar-refractivity contribution in [1.82, 2.24) is 4.98 Å². The number of halogens is 3. The van der Waals surface area contributed by atoms with Gasteiger partial charge in [0, 0.05) is 23.3 Å². The first-order valence-corrected chi connectivity index (χ1v) is 7.25. The van der Waals surface area contributed by atoms with E-state index >= 15 is 0 Å². The van der Waals surface area contributed by atoms with Gasteiger partial charge < -0.3 is 10.0 Å². The first-order chi connectivity index (χ1) is 10.8. The summed E-state index contributed by atoms with van der Waals surface area (Å²) in [6.07, 6.45) is -3.17. The minimum atomic E-state index is -4.43. The van der Waals surface area contributed by atoms with Crippen LogP contribution in [0.2, 0.25) is 0 Å². The van der Waals surface area contributed by atoms with E-state index in [0.29, 0.717) is 29.7 Å². The fraction of sp³-hybridized carbons (Fsp3) is 0.375. The summed E-state index contributed by atoms with van der Waals surface area (Å²) in [5.74, 6) is -0.919. The number of hydrogen-bond donors (Lipinski definition) is 1. The number of alkyl halides is 3. The van der Waals surface area contributed by atoms with E-state index < -0.39 is 23.8 Å². The second-order valence-corrected chi connectivity index (χ2v) is 5.70. The molecule has 1 aromatic carbocycles. The fourth-order valence-electron chi connectivity index (χ4n) is 3.06. The molecule has 7 heteroatoms. The van der Waals surface area contributed by atoms with Crippen LogP contribution in [0.15, 0.2) is 24.3 Å². The van der Waals surface area contributed by atoms with Crippen molar-refractivity contribution in [1.29, 1.82) is 0 Å². The number of carboxylic acids is 1. The highest BCUT2D eigenvalue weighted by molar-refractivity contribution is 5.94. The molecule has 0 bridgehead atoms. The van der Waals surface area contributed by atoms with Gasteiger partial charge in [-0.3, -0.25) is 4.98 Å². The molecule has 0 radical (unpaired) electrons. The molecule has 2 heterocycles. The summed E-state index contributed by atoms with van der Waals surface area (Å²) in [4.78, 5) is 17.3. The Labute approximate surface area is 130 Å². The molecule has 1 saturated heterocycles. The smallest absolute Gasteiger partial charge is 0.416 e. The van der Waals surface area contributed by atoms with Crippen molar-refractivity contribution in [3.8, 4) is 0 Å². The summed E-state index contributed by atoms with van der Waals surface area (Å²) < 4.78 is 38.6. The van der Waals surface area contributed by atoms with Crippen LogP contribution in [0.25, 0.3) is 10.9 Å². The lowest BCUT2D eigenvalue weighted by Gasteiger charge is -2.25. The molecule has 4 nitrogen and oxygen atoms in total. The zero-order chi connectivity index (χ0) is 16.8. The van der Waals surface area contributed by atoms with E-state index in [1.807, 2.05) is 0 Å². The summed E-state index contributed by atoms with van der Waals surface area (Å²) in [6.45, 7) is 2.26. The number of benzene rings is 1. The number of pyridine rings is 1. The Morgan fingerprint density at radius 2 is 2.09 bits per heavy atom. The Morgan fingerprint density at radius 3 is 2.74 bits per heavy atom. The fourth-order valence-corrected chi connectivity index (χ4v) is 3.06. The van der Waals surface area contributed by atoms with Crippen molar-refractivity contribution < 1.29 is 23.1 Å². The monoisotopic (exact) mass is 324 g/mol. The molecule has 1 aromatic heterocycles. The van der Waals surface area contributed by atoms with Gasteiger partial charge in [0.1, 0.15) is 6.04 Å². The number of aromatic nitrogens is 1. The van der Waals surface area contributed by atoms with Crippen LogP contribution in [0.1, 0.15) is 24.1 Å². The molecular formula is C16H15F3N2O2. The number of nitrogens with zero attached hydrogens (tertiary/aromatic N) is 2. The minimum absolute atomic E-state index is 0.228. The average molecular weight is 324 g/mol. The predicted molar refractivity (Wildman–Crippen MR) is 79.5 cm³/mol. The van der Waals surface area contributed by atoms with Gasteiger partial charge in [-0.05, 0) is 38.0 Å². The minimum Gasteiger partial charge on any atom is -0.480 e. The summed E-state index contributed by atoms with van der Waals surface area (Å²) in [6, 6.07) is 4.47. The lowest BCUT2D eigenvalue weighted by atomic mass is 10.1. The van der Waals surface area contributed by atoms with Crippen molar-refractivity contribution in [3.05, 3.63) is 35.5 Å². The van der Waals surface area contributed by atoms with Gasteiger partial charge in [0.2, 0.25) is 0 Å². The van der Waals surface area contributed by atoms with E-state index in [0.717, 1.165) is 18.6 Å². The third-order valence-electron chi connectivity index (χ3n) is 4.09. The van der Waals surface area contributed by atoms with E-state index in [4.69, 9.17) is 0 Å². The first kappa shape index (κ1) is 15.6. The molecule has 1 atom stereocenters. The van der Waals surface area contributed by atoms with E-state index in [1.54, 1.807) is 17.9 Å². The number of hydrogen-bond acceptors (Lipinski definition) is 3. The molecule has 2 aromatic rings. The van der Waals surface area contributed by atoms with Gasteiger partial charge in [-0.1, -0.05) is 6.07 Å². The highest BCUT2D eigenvalue weighted by Crippen LogP contribution is 2.36. The van der Waals surface area contributed by atoms with Gasteiger partial charge in [0.05, 0.1) is 11.1 Å².